The van der Waals surface area contributed by atoms with Crippen molar-refractivity contribution >= 4 is 0 Å². The summed E-state index contributed by atoms with van der Waals surface area (Å²) in [5.74, 6) is 0. The van der Waals surface area contributed by atoms with Crippen LogP contribution in [-0.2, 0) is 16.1 Å². The van der Waals surface area contributed by atoms with Gasteiger partial charge < -0.3 is 14.6 Å². The smallest absolute Gasteiger partial charge is 0.104 e. The number of hydrogen-bond acceptors (Lipinski definition) is 3. The van der Waals surface area contributed by atoms with Crippen LogP contribution in [0.5, 0.6) is 0 Å². The van der Waals surface area contributed by atoms with E-state index in [9.17, 15) is 0 Å². The molecule has 0 amide bonds. The molecule has 0 fully saturated rings. The quantitative estimate of drug-likeness (QED) is 0.681. The Morgan fingerprint density at radius 2 is 2.06 bits per heavy atom. The molecule has 0 saturated carbocycles. The Morgan fingerprint density at radius 3 is 2.69 bits per heavy atom. The first-order valence-electron chi connectivity index (χ1n) is 5.32. The molecule has 1 atom stereocenters. The third-order valence-electron chi connectivity index (χ3n) is 2.07. The lowest BCUT2D eigenvalue weighted by Crippen LogP contribution is -2.24. The Labute approximate surface area is 96.3 Å². The van der Waals surface area contributed by atoms with E-state index in [2.05, 4.69) is 6.58 Å². The number of rotatable bonds is 8. The first-order chi connectivity index (χ1) is 7.86. The summed E-state index contributed by atoms with van der Waals surface area (Å²) in [6, 6.07) is 9.90. The molecule has 1 rings (SSSR count). The zero-order valence-electron chi connectivity index (χ0n) is 9.34. The lowest BCUT2D eigenvalue weighted by atomic mass is 10.2. The Morgan fingerprint density at radius 1 is 1.31 bits per heavy atom. The van der Waals surface area contributed by atoms with Crippen LogP contribution in [0.4, 0.5) is 0 Å². The maximum Gasteiger partial charge on any atom is 0.104 e. The van der Waals surface area contributed by atoms with Crippen LogP contribution in [0, 0.1) is 0 Å². The molecule has 1 unspecified atom stereocenters. The Balaban J connectivity index is 2.20. The van der Waals surface area contributed by atoms with Gasteiger partial charge in [-0.2, -0.15) is 0 Å². The third-order valence-corrected chi connectivity index (χ3v) is 2.07. The molecular formula is C13H18O3. The van der Waals surface area contributed by atoms with Crippen molar-refractivity contribution in [3.63, 3.8) is 0 Å². The van der Waals surface area contributed by atoms with Crippen LogP contribution in [0.2, 0.25) is 0 Å². The minimum atomic E-state index is -0.276. The second-order valence-electron chi connectivity index (χ2n) is 3.43. The molecular weight excluding hydrogens is 204 g/mol. The first kappa shape index (κ1) is 12.9. The molecule has 0 aromatic heterocycles. The SMILES string of the molecule is C=CCOC(CO)COCc1ccccc1. The van der Waals surface area contributed by atoms with Gasteiger partial charge in [0.2, 0.25) is 0 Å². The number of ether oxygens (including phenoxy) is 2. The van der Waals surface area contributed by atoms with Crippen molar-refractivity contribution in [2.75, 3.05) is 19.8 Å². The van der Waals surface area contributed by atoms with Crippen LogP contribution in [0.1, 0.15) is 5.56 Å². The zero-order chi connectivity index (χ0) is 11.6. The molecule has 0 aliphatic rings. The molecule has 0 saturated heterocycles. The number of benzene rings is 1. The monoisotopic (exact) mass is 222 g/mol. The van der Waals surface area contributed by atoms with E-state index in [1.807, 2.05) is 30.3 Å². The van der Waals surface area contributed by atoms with E-state index >= 15 is 0 Å². The summed E-state index contributed by atoms with van der Waals surface area (Å²) < 4.78 is 10.7. The predicted molar refractivity (Wildman–Crippen MR) is 63.1 cm³/mol. The minimum Gasteiger partial charge on any atom is -0.394 e. The molecule has 0 bridgehead atoms. The van der Waals surface area contributed by atoms with Crippen molar-refractivity contribution in [3.05, 3.63) is 48.6 Å². The highest BCUT2D eigenvalue weighted by Crippen LogP contribution is 2.02. The van der Waals surface area contributed by atoms with E-state index in [1.54, 1.807) is 6.08 Å². The van der Waals surface area contributed by atoms with Crippen LogP contribution in [0.3, 0.4) is 0 Å². The maximum atomic E-state index is 9.01. The Kier molecular flexibility index (Phi) is 6.49. The van der Waals surface area contributed by atoms with Gasteiger partial charge in [-0.1, -0.05) is 36.4 Å². The maximum absolute atomic E-state index is 9.01. The molecule has 0 aliphatic heterocycles. The zero-order valence-corrected chi connectivity index (χ0v) is 9.34. The van der Waals surface area contributed by atoms with Crippen LogP contribution in [-0.4, -0.2) is 31.0 Å². The molecule has 0 radical (unpaired) electrons. The second kappa shape index (κ2) is 8.05. The molecule has 3 nitrogen and oxygen atoms in total. The molecule has 0 heterocycles. The molecule has 88 valence electrons. The van der Waals surface area contributed by atoms with Gasteiger partial charge in [-0.3, -0.25) is 0 Å². The van der Waals surface area contributed by atoms with Crippen molar-refractivity contribution in [1.82, 2.24) is 0 Å². The lowest BCUT2D eigenvalue weighted by Gasteiger charge is -2.14. The van der Waals surface area contributed by atoms with Gasteiger partial charge in [0.25, 0.3) is 0 Å². The van der Waals surface area contributed by atoms with Gasteiger partial charge in [0.1, 0.15) is 6.10 Å². The van der Waals surface area contributed by atoms with Crippen LogP contribution >= 0.6 is 0 Å². The topological polar surface area (TPSA) is 38.7 Å². The van der Waals surface area contributed by atoms with E-state index < -0.39 is 0 Å². The summed E-state index contributed by atoms with van der Waals surface area (Å²) in [7, 11) is 0. The highest BCUT2D eigenvalue weighted by atomic mass is 16.5. The largest absolute Gasteiger partial charge is 0.394 e. The molecule has 0 spiro atoms. The summed E-state index contributed by atoms with van der Waals surface area (Å²) in [5.41, 5.74) is 1.11. The third kappa shape index (κ3) is 5.07. The second-order valence-corrected chi connectivity index (χ2v) is 3.43. The fourth-order valence-electron chi connectivity index (χ4n) is 1.24. The van der Waals surface area contributed by atoms with Gasteiger partial charge in [0.05, 0.1) is 26.4 Å². The summed E-state index contributed by atoms with van der Waals surface area (Å²) in [5, 5.41) is 9.01. The number of aliphatic hydroxyl groups is 1. The van der Waals surface area contributed by atoms with Crippen molar-refractivity contribution in [1.29, 1.82) is 0 Å². The van der Waals surface area contributed by atoms with E-state index in [1.165, 1.54) is 0 Å². The summed E-state index contributed by atoms with van der Waals surface area (Å²) in [6.45, 7) is 4.86. The van der Waals surface area contributed by atoms with E-state index in [0.29, 0.717) is 19.8 Å². The summed E-state index contributed by atoms with van der Waals surface area (Å²) in [6.07, 6.45) is 1.38. The molecule has 0 aliphatic carbocycles. The first-order valence-corrected chi connectivity index (χ1v) is 5.32. The number of hydrogen-bond donors (Lipinski definition) is 1. The molecule has 1 N–H and O–H groups in total. The highest BCUT2D eigenvalue weighted by Gasteiger charge is 2.06. The highest BCUT2D eigenvalue weighted by molar-refractivity contribution is 5.13. The molecule has 1 aromatic rings. The van der Waals surface area contributed by atoms with Crippen molar-refractivity contribution in [3.8, 4) is 0 Å². The average molecular weight is 222 g/mol. The lowest BCUT2D eigenvalue weighted by molar-refractivity contribution is -0.0370. The fourth-order valence-corrected chi connectivity index (χ4v) is 1.24. The normalized spacial score (nSPS) is 12.3. The average Bonchev–Trinajstić information content (AvgIpc) is 2.35. The fraction of sp³-hybridized carbons (Fsp3) is 0.385. The van der Waals surface area contributed by atoms with Gasteiger partial charge in [-0.25, -0.2) is 0 Å². The number of aliphatic hydroxyl groups excluding tert-OH is 1. The van der Waals surface area contributed by atoms with Crippen molar-refractivity contribution in [2.24, 2.45) is 0 Å². The molecule has 16 heavy (non-hydrogen) atoms. The van der Waals surface area contributed by atoms with Crippen molar-refractivity contribution < 1.29 is 14.6 Å². The van der Waals surface area contributed by atoms with Crippen LogP contribution < -0.4 is 0 Å². The van der Waals surface area contributed by atoms with Gasteiger partial charge in [-0.05, 0) is 5.56 Å². The van der Waals surface area contributed by atoms with E-state index in [0.717, 1.165) is 5.56 Å². The van der Waals surface area contributed by atoms with Crippen LogP contribution in [0.25, 0.3) is 0 Å². The van der Waals surface area contributed by atoms with Crippen molar-refractivity contribution in [2.45, 2.75) is 12.7 Å². The van der Waals surface area contributed by atoms with E-state index in [-0.39, 0.29) is 12.7 Å². The summed E-state index contributed by atoms with van der Waals surface area (Å²) in [4.78, 5) is 0. The Bertz CT molecular complexity index is 284. The molecule has 1 aromatic carbocycles. The summed E-state index contributed by atoms with van der Waals surface area (Å²) >= 11 is 0. The molecule has 3 heteroatoms. The standard InChI is InChI=1S/C13H18O3/c1-2-8-16-13(9-14)11-15-10-12-6-4-3-5-7-12/h2-7,13-14H,1,8-11H2. The minimum absolute atomic E-state index is 0.0391. The van der Waals surface area contributed by atoms with Gasteiger partial charge >= 0.3 is 0 Å². The van der Waals surface area contributed by atoms with Gasteiger partial charge in [0, 0.05) is 0 Å². The van der Waals surface area contributed by atoms with Crippen LogP contribution in [0.15, 0.2) is 43.0 Å². The van der Waals surface area contributed by atoms with Gasteiger partial charge in [-0.15, -0.1) is 6.58 Å². The van der Waals surface area contributed by atoms with Gasteiger partial charge in [0.15, 0.2) is 0 Å². The predicted octanol–water partition coefficient (Wildman–Crippen LogP) is 1.77. The Hall–Kier alpha value is -1.16. The van der Waals surface area contributed by atoms with E-state index in [4.69, 9.17) is 14.6 Å².